The summed E-state index contributed by atoms with van der Waals surface area (Å²) < 4.78 is 60.2. The van der Waals surface area contributed by atoms with E-state index in [1.54, 1.807) is 104 Å². The van der Waals surface area contributed by atoms with Crippen LogP contribution in [-0.4, -0.2) is 99.9 Å². The third-order valence-corrected chi connectivity index (χ3v) is 27.5. The summed E-state index contributed by atoms with van der Waals surface area (Å²) >= 11 is 0. The van der Waals surface area contributed by atoms with Gasteiger partial charge in [-0.05, 0) is 244 Å². The highest BCUT2D eigenvalue weighted by Crippen LogP contribution is 2.52. The fraction of sp³-hybridized carbons (Fsp3) is 0.552. The maximum atomic E-state index is 16.3. The van der Waals surface area contributed by atoms with Gasteiger partial charge in [-0.15, -0.1) is 0 Å². The van der Waals surface area contributed by atoms with Crippen LogP contribution in [0.2, 0.25) is 0 Å². The van der Waals surface area contributed by atoms with Crippen molar-refractivity contribution in [3.05, 3.63) is 231 Å². The Hall–Kier alpha value is -11.0. The average molecular weight is 2010 g/mol. The first-order valence-electron chi connectivity index (χ1n) is 52.2. The number of carbonyl (C=O) groups excluding carboxylic acids is 8. The molecule has 0 aliphatic carbocycles. The van der Waals surface area contributed by atoms with Gasteiger partial charge in [0.05, 0.1) is 64.3 Å². The Morgan fingerprint density at radius 3 is 0.589 bits per heavy atom. The third kappa shape index (κ3) is 27.7. The fourth-order valence-electron chi connectivity index (χ4n) is 18.4. The molecule has 0 saturated heterocycles. The lowest BCUT2D eigenvalue weighted by Gasteiger charge is -2.44. The van der Waals surface area contributed by atoms with Crippen LogP contribution in [0.1, 0.15) is 537 Å². The summed E-state index contributed by atoms with van der Waals surface area (Å²) in [6.45, 7) is 83.7. The van der Waals surface area contributed by atoms with Crippen LogP contribution in [0.3, 0.4) is 0 Å². The summed E-state index contributed by atoms with van der Waals surface area (Å²) in [5, 5.41) is 45.0. The molecule has 0 heterocycles. The molecule has 2 atom stereocenters. The molecule has 8 aromatic carbocycles. The second-order valence-electron chi connectivity index (χ2n) is 51.5. The quantitative estimate of drug-likeness (QED) is 0.0169. The number of carbonyl (C=O) groups is 8. The highest BCUT2D eigenvalue weighted by molar-refractivity contribution is 6.00. The molecule has 21 heteroatoms. The summed E-state index contributed by atoms with van der Waals surface area (Å²) in [5.74, 6) is -9.17. The van der Waals surface area contributed by atoms with Crippen LogP contribution in [0.4, 0.5) is 0 Å². The van der Waals surface area contributed by atoms with Crippen LogP contribution >= 0.6 is 0 Å². The molecule has 0 saturated carbocycles. The van der Waals surface area contributed by atoms with Crippen molar-refractivity contribution in [1.82, 2.24) is 0 Å². The van der Waals surface area contributed by atoms with Gasteiger partial charge in [-0.2, -0.15) is 0 Å². The van der Waals surface area contributed by atoms with Crippen molar-refractivity contribution in [2.75, 3.05) is 19.8 Å². The monoisotopic (exact) mass is 2010 g/mol. The molecule has 4 N–H and O–H groups in total. The molecule has 0 aliphatic heterocycles. The van der Waals surface area contributed by atoms with E-state index < -0.39 is 134 Å². The van der Waals surface area contributed by atoms with E-state index in [1.165, 1.54) is 0 Å². The van der Waals surface area contributed by atoms with E-state index in [-0.39, 0.29) is 133 Å². The van der Waals surface area contributed by atoms with E-state index in [9.17, 15) is 30.0 Å². The van der Waals surface area contributed by atoms with E-state index in [2.05, 4.69) is 0 Å². The number of aromatic hydroxyl groups is 2. The molecule has 8 aromatic rings. The van der Waals surface area contributed by atoms with Crippen molar-refractivity contribution in [3.63, 3.8) is 0 Å². The molecule has 0 aliphatic rings. The zero-order valence-corrected chi connectivity index (χ0v) is 96.3. The summed E-state index contributed by atoms with van der Waals surface area (Å²) in [7, 11) is 0. The van der Waals surface area contributed by atoms with E-state index in [4.69, 9.17) is 42.6 Å². The number of phenolic OH excluding ortho intramolecular Hbond substituents is 2. The Morgan fingerprint density at radius 1 is 0.253 bits per heavy atom. The molecule has 0 aromatic heterocycles. The predicted octanol–water partition coefficient (Wildman–Crippen LogP) is 30.3. The van der Waals surface area contributed by atoms with Gasteiger partial charge in [0.2, 0.25) is 0 Å². The first-order chi connectivity index (χ1) is 66.7. The first kappa shape index (κ1) is 120. The number of esters is 8. The van der Waals surface area contributed by atoms with Gasteiger partial charge in [0.15, 0.2) is 6.10 Å². The minimum atomic E-state index is -2.51. The number of hydrogen-bond donors (Lipinski definition) is 4. The SMILES string of the molecule is CCC(C)(C)CC(C)C(OC(=O)c1cc(C(C)(C)C)c(OC(=O)c2cc(C(C)(C)C)c(OC(=O)c3cc(C(C)C)c(OC(=O)c4cc(C(C)C)c(O)c(C(C)C)c4)c(C(C)C)c3)c(C(C)(C)C)c2)c(C(C)(C)C)c1)(OC(=O)c1cc(C(C)(C)C)c(OC(=O)c2cc(C(C)(C)C)c(OC(=O)c3cc(C(C)C)c(OC(=O)c4cc(C(C)C)c(O)c(C(C)C)c4)c(C(C)C)c3)c(C(C)(C)C)c2)c(C(C)(C)C)c1)C(CO)OCCO. The van der Waals surface area contributed by atoms with Crippen LogP contribution in [-0.2, 0) is 57.5 Å². The Balaban J connectivity index is 1.22. The van der Waals surface area contributed by atoms with Crippen LogP contribution in [0.5, 0.6) is 46.0 Å². The molecule has 0 radical (unpaired) electrons. The van der Waals surface area contributed by atoms with Crippen LogP contribution in [0.15, 0.2) is 97.1 Å². The Labute approximate surface area is 871 Å². The lowest BCUT2D eigenvalue weighted by molar-refractivity contribution is -0.272. The maximum absolute atomic E-state index is 16.3. The van der Waals surface area contributed by atoms with Gasteiger partial charge in [-0.25, -0.2) is 38.4 Å². The number of hydrogen-bond acceptors (Lipinski definition) is 21. The Bertz CT molecular complexity index is 5580. The molecule has 0 bridgehead atoms. The van der Waals surface area contributed by atoms with E-state index in [0.717, 1.165) is 0 Å². The fourth-order valence-corrected chi connectivity index (χ4v) is 18.4. The molecular formula is C125H172O21. The normalized spacial score (nSPS) is 13.3. The van der Waals surface area contributed by atoms with Gasteiger partial charge in [0.25, 0.3) is 5.79 Å². The van der Waals surface area contributed by atoms with Crippen LogP contribution < -0.4 is 28.4 Å². The number of rotatable bonds is 33. The predicted molar refractivity (Wildman–Crippen MR) is 582 cm³/mol. The van der Waals surface area contributed by atoms with Gasteiger partial charge in [0, 0.05) is 50.4 Å². The smallest absolute Gasteiger partial charge is 0.343 e. The standard InChI is InChI=1S/C125H172O21/c1-45-124(43,44)64-74(18)125(99(65-127)138-47-46-126,145-114(136)81-60-95(120(31,32)33)106(96(61-81)121(34,35)36)143-112(134)79-56-91(116(19,20)21)104(92(57-79)117(22,23)24)141-110(132)77-52-87(70(10)11)102(88(53-77)71(12)13)139-108(130)75-48-83(66(2)3)100(128)84(49-75)67(4)5)146-115(137)82-62-97(122(37,38)39)107(98(63-82)123(40,41)42)144-113(135)80-58-93(118(25,26)27)105(94(59-80)119(28,29)30)142-111(133)78-54-89(72(14)15)103(90(55-78)73(16)17)140-109(131)76-50-85(68(6)7)101(129)86(51-76)69(8)9/h48-63,66-74,99,126-129H,45-47,64-65H2,1-44H3. The average Bonchev–Trinajstić information content (AvgIpc) is 0.790. The van der Waals surface area contributed by atoms with Crippen molar-refractivity contribution in [2.24, 2.45) is 11.3 Å². The Kier molecular flexibility index (Phi) is 37.2. The highest BCUT2D eigenvalue weighted by Gasteiger charge is 2.55. The Morgan fingerprint density at radius 2 is 0.425 bits per heavy atom. The van der Waals surface area contributed by atoms with Gasteiger partial charge in [0.1, 0.15) is 46.0 Å². The molecule has 0 fully saturated rings. The summed E-state index contributed by atoms with van der Waals surface area (Å²) in [6.07, 6.45) is -0.832. The largest absolute Gasteiger partial charge is 0.507 e. The van der Waals surface area contributed by atoms with Crippen molar-refractivity contribution in [2.45, 2.75) is 420 Å². The van der Waals surface area contributed by atoms with Gasteiger partial charge >= 0.3 is 47.8 Å². The van der Waals surface area contributed by atoms with Gasteiger partial charge in [-0.1, -0.05) is 311 Å². The number of ether oxygens (including phenoxy) is 9. The minimum absolute atomic E-state index is 0.0442. The molecule has 146 heavy (non-hydrogen) atoms. The lowest BCUT2D eigenvalue weighted by atomic mass is 9.76. The zero-order valence-electron chi connectivity index (χ0n) is 96.3. The number of aliphatic hydroxyl groups excluding tert-OH is 2. The summed E-state index contributed by atoms with van der Waals surface area (Å²) in [4.78, 5) is 123. The van der Waals surface area contributed by atoms with Crippen LogP contribution in [0, 0.1) is 11.3 Å². The van der Waals surface area contributed by atoms with Crippen molar-refractivity contribution < 1.29 is 101 Å². The summed E-state index contributed by atoms with van der Waals surface area (Å²) in [6, 6.07) is 26.6. The second kappa shape index (κ2) is 45.2. The molecular weight excluding hydrogens is 1840 g/mol. The zero-order chi connectivity index (χ0) is 111. The van der Waals surface area contributed by atoms with Gasteiger partial charge in [-0.3, -0.25) is 0 Å². The molecule has 0 amide bonds. The number of benzene rings is 8. The highest BCUT2D eigenvalue weighted by atomic mass is 16.8. The third-order valence-electron chi connectivity index (χ3n) is 27.5. The molecule has 2 unspecified atom stereocenters. The lowest BCUT2D eigenvalue weighted by Crippen LogP contribution is -2.58. The minimum Gasteiger partial charge on any atom is -0.507 e. The molecule has 8 rings (SSSR count). The van der Waals surface area contributed by atoms with Crippen molar-refractivity contribution >= 4 is 47.8 Å². The molecule has 21 nitrogen and oxygen atoms in total. The van der Waals surface area contributed by atoms with Crippen molar-refractivity contribution in [1.29, 1.82) is 0 Å². The maximum Gasteiger partial charge on any atom is 0.343 e. The van der Waals surface area contributed by atoms with Gasteiger partial charge < -0.3 is 63.1 Å². The first-order valence-corrected chi connectivity index (χ1v) is 52.2. The number of phenols is 2. The van der Waals surface area contributed by atoms with Crippen LogP contribution in [0.25, 0.3) is 0 Å². The molecule has 0 spiro atoms. The summed E-state index contributed by atoms with van der Waals surface area (Å²) in [5.41, 5.74) is 2.52. The molecule has 798 valence electrons. The van der Waals surface area contributed by atoms with E-state index >= 15 is 28.8 Å². The van der Waals surface area contributed by atoms with E-state index in [0.29, 0.717) is 107 Å². The van der Waals surface area contributed by atoms with E-state index in [1.807, 2.05) is 298 Å². The number of aliphatic hydroxyl groups is 2. The topological polar surface area (TPSA) is 301 Å². The van der Waals surface area contributed by atoms with Crippen molar-refractivity contribution in [3.8, 4) is 46.0 Å². The second-order valence-corrected chi connectivity index (χ2v) is 51.5.